The predicted molar refractivity (Wildman–Crippen MR) is 55.7 cm³/mol. The van der Waals surface area contributed by atoms with E-state index in [-0.39, 0.29) is 18.9 Å². The van der Waals surface area contributed by atoms with E-state index in [2.05, 4.69) is 4.74 Å². The van der Waals surface area contributed by atoms with Crippen molar-refractivity contribution >= 4 is 17.6 Å². The highest BCUT2D eigenvalue weighted by Gasteiger charge is 2.32. The molecule has 2 amide bonds. The quantitative estimate of drug-likeness (QED) is 0.560. The number of ketones is 1. The van der Waals surface area contributed by atoms with Crippen LogP contribution in [0.25, 0.3) is 0 Å². The molecule has 6 nitrogen and oxygen atoms in total. The van der Waals surface area contributed by atoms with Crippen LogP contribution in [0.15, 0.2) is 0 Å². The first-order valence-corrected chi connectivity index (χ1v) is 5.19. The van der Waals surface area contributed by atoms with Gasteiger partial charge in [0.2, 0.25) is 0 Å². The summed E-state index contributed by atoms with van der Waals surface area (Å²) in [5.41, 5.74) is 0. The third-order valence-electron chi connectivity index (χ3n) is 2.45. The number of carbonyl (C=O) groups is 3. The molecule has 1 aliphatic rings. The van der Waals surface area contributed by atoms with E-state index in [1.54, 1.807) is 0 Å². The van der Waals surface area contributed by atoms with Crippen molar-refractivity contribution in [2.75, 3.05) is 39.9 Å². The molecule has 1 heterocycles. The van der Waals surface area contributed by atoms with Gasteiger partial charge in [-0.25, -0.2) is 0 Å². The molecule has 90 valence electrons. The molecule has 0 aromatic rings. The Kier molecular flexibility index (Phi) is 4.42. The van der Waals surface area contributed by atoms with Crippen molar-refractivity contribution in [3.05, 3.63) is 0 Å². The maximum absolute atomic E-state index is 11.6. The van der Waals surface area contributed by atoms with Crippen molar-refractivity contribution in [3.63, 3.8) is 0 Å². The summed E-state index contributed by atoms with van der Waals surface area (Å²) in [6.45, 7) is 3.15. The molecule has 0 atom stereocenters. The lowest BCUT2D eigenvalue weighted by molar-refractivity contribution is -0.156. The van der Waals surface area contributed by atoms with E-state index in [4.69, 9.17) is 0 Å². The van der Waals surface area contributed by atoms with Crippen LogP contribution in [0.1, 0.15) is 6.92 Å². The molecule has 0 aromatic heterocycles. The minimum absolute atomic E-state index is 0.0323. The number of ether oxygens (including phenoxy) is 1. The number of hydrogen-bond acceptors (Lipinski definition) is 4. The molecule has 1 aliphatic heterocycles. The molecule has 0 N–H and O–H groups in total. The molecular formula is C10H16N2O4. The van der Waals surface area contributed by atoms with Gasteiger partial charge in [0.1, 0.15) is 6.61 Å². The fraction of sp³-hybridized carbons (Fsp3) is 0.700. The average Bonchev–Trinajstić information content (AvgIpc) is 2.25. The maximum atomic E-state index is 11.6. The van der Waals surface area contributed by atoms with Crippen LogP contribution in [0.2, 0.25) is 0 Å². The molecule has 1 saturated heterocycles. The Balaban J connectivity index is 2.55. The van der Waals surface area contributed by atoms with Gasteiger partial charge < -0.3 is 14.5 Å². The number of methoxy groups -OCH3 is 1. The summed E-state index contributed by atoms with van der Waals surface area (Å²) < 4.78 is 4.67. The topological polar surface area (TPSA) is 66.9 Å². The van der Waals surface area contributed by atoms with Gasteiger partial charge in [0.15, 0.2) is 5.78 Å². The van der Waals surface area contributed by atoms with Crippen LogP contribution in [-0.4, -0.2) is 67.3 Å². The second-order valence-electron chi connectivity index (χ2n) is 3.58. The van der Waals surface area contributed by atoms with Gasteiger partial charge in [-0.15, -0.1) is 0 Å². The number of carbonyl (C=O) groups excluding carboxylic acids is 3. The Morgan fingerprint density at radius 2 is 1.81 bits per heavy atom. The Morgan fingerprint density at radius 3 is 2.38 bits per heavy atom. The number of amides is 2. The van der Waals surface area contributed by atoms with Gasteiger partial charge in [-0.05, 0) is 6.92 Å². The van der Waals surface area contributed by atoms with Crippen LogP contribution >= 0.6 is 0 Å². The highest BCUT2D eigenvalue weighted by molar-refractivity contribution is 6.35. The summed E-state index contributed by atoms with van der Waals surface area (Å²) in [5.74, 6) is -1.33. The number of likely N-dealkylation sites (N-methyl/N-ethyl adjacent to an activating group) is 1. The SMILES string of the molecule is CCN1CCN(CC(=O)COC)C(=O)C1=O. The number of nitrogens with zero attached hydrogens (tertiary/aromatic N) is 2. The summed E-state index contributed by atoms with van der Waals surface area (Å²) in [6.07, 6.45) is 0. The first-order chi connectivity index (χ1) is 7.60. The Labute approximate surface area is 94.1 Å². The van der Waals surface area contributed by atoms with E-state index >= 15 is 0 Å². The van der Waals surface area contributed by atoms with Crippen LogP contribution < -0.4 is 0 Å². The van der Waals surface area contributed by atoms with Gasteiger partial charge >= 0.3 is 11.8 Å². The standard InChI is InChI=1S/C10H16N2O4/c1-3-11-4-5-12(10(15)9(11)14)6-8(13)7-16-2/h3-7H2,1-2H3. The molecule has 0 unspecified atom stereocenters. The molecule has 1 rings (SSSR count). The lowest BCUT2D eigenvalue weighted by atomic mass is 10.2. The lowest BCUT2D eigenvalue weighted by Crippen LogP contribution is -2.55. The van der Waals surface area contributed by atoms with Gasteiger partial charge in [0, 0.05) is 26.7 Å². The maximum Gasteiger partial charge on any atom is 0.312 e. The van der Waals surface area contributed by atoms with Gasteiger partial charge in [-0.1, -0.05) is 0 Å². The summed E-state index contributed by atoms with van der Waals surface area (Å²) in [6, 6.07) is 0. The number of hydrogen-bond donors (Lipinski definition) is 0. The molecular weight excluding hydrogens is 212 g/mol. The molecule has 0 bridgehead atoms. The Morgan fingerprint density at radius 1 is 1.25 bits per heavy atom. The van der Waals surface area contributed by atoms with Gasteiger partial charge in [-0.2, -0.15) is 0 Å². The number of Topliss-reactive ketones (excluding diaryl/α,β-unsaturated/α-hetero) is 1. The summed E-state index contributed by atoms with van der Waals surface area (Å²) >= 11 is 0. The zero-order chi connectivity index (χ0) is 12.1. The summed E-state index contributed by atoms with van der Waals surface area (Å²) in [7, 11) is 1.42. The monoisotopic (exact) mass is 228 g/mol. The molecule has 0 radical (unpaired) electrons. The zero-order valence-corrected chi connectivity index (χ0v) is 9.56. The van der Waals surface area contributed by atoms with Crippen LogP contribution in [0.3, 0.4) is 0 Å². The van der Waals surface area contributed by atoms with E-state index in [1.807, 2.05) is 6.92 Å². The normalized spacial score (nSPS) is 16.9. The fourth-order valence-corrected chi connectivity index (χ4v) is 1.59. The average molecular weight is 228 g/mol. The molecule has 0 aliphatic carbocycles. The minimum Gasteiger partial charge on any atom is -0.377 e. The Bertz CT molecular complexity index is 303. The number of piperazine rings is 1. The summed E-state index contributed by atoms with van der Waals surface area (Å²) in [4.78, 5) is 37.1. The molecule has 1 fully saturated rings. The van der Waals surface area contributed by atoms with Crippen molar-refractivity contribution in [2.45, 2.75) is 6.92 Å². The van der Waals surface area contributed by atoms with Crippen LogP contribution in [0.4, 0.5) is 0 Å². The van der Waals surface area contributed by atoms with Gasteiger partial charge in [-0.3, -0.25) is 14.4 Å². The van der Waals surface area contributed by atoms with Crippen LogP contribution in [0.5, 0.6) is 0 Å². The molecule has 0 spiro atoms. The third-order valence-corrected chi connectivity index (χ3v) is 2.45. The first kappa shape index (κ1) is 12.6. The van der Waals surface area contributed by atoms with Gasteiger partial charge in [0.05, 0.1) is 6.54 Å². The predicted octanol–water partition coefficient (Wildman–Crippen LogP) is -1.11. The fourth-order valence-electron chi connectivity index (χ4n) is 1.59. The van der Waals surface area contributed by atoms with E-state index < -0.39 is 11.8 Å². The second-order valence-corrected chi connectivity index (χ2v) is 3.58. The van der Waals surface area contributed by atoms with Gasteiger partial charge in [0.25, 0.3) is 0 Å². The second kappa shape index (κ2) is 5.60. The van der Waals surface area contributed by atoms with Crippen molar-refractivity contribution in [1.29, 1.82) is 0 Å². The highest BCUT2D eigenvalue weighted by Crippen LogP contribution is 2.04. The molecule has 16 heavy (non-hydrogen) atoms. The van der Waals surface area contributed by atoms with Crippen LogP contribution in [-0.2, 0) is 19.1 Å². The van der Waals surface area contributed by atoms with Crippen molar-refractivity contribution < 1.29 is 19.1 Å². The highest BCUT2D eigenvalue weighted by atomic mass is 16.5. The summed E-state index contributed by atoms with van der Waals surface area (Å²) in [5, 5.41) is 0. The smallest absolute Gasteiger partial charge is 0.312 e. The van der Waals surface area contributed by atoms with Crippen molar-refractivity contribution in [3.8, 4) is 0 Å². The molecule has 0 saturated carbocycles. The van der Waals surface area contributed by atoms with Crippen molar-refractivity contribution in [2.24, 2.45) is 0 Å². The Hall–Kier alpha value is -1.43. The number of rotatable bonds is 5. The third kappa shape index (κ3) is 2.79. The van der Waals surface area contributed by atoms with E-state index in [0.29, 0.717) is 19.6 Å². The zero-order valence-electron chi connectivity index (χ0n) is 9.56. The first-order valence-electron chi connectivity index (χ1n) is 5.19. The van der Waals surface area contributed by atoms with E-state index in [9.17, 15) is 14.4 Å². The van der Waals surface area contributed by atoms with Crippen LogP contribution in [0, 0.1) is 0 Å². The van der Waals surface area contributed by atoms with E-state index in [1.165, 1.54) is 16.9 Å². The molecule has 6 heteroatoms. The van der Waals surface area contributed by atoms with E-state index in [0.717, 1.165) is 0 Å². The minimum atomic E-state index is -0.599. The lowest BCUT2D eigenvalue weighted by Gasteiger charge is -2.32. The van der Waals surface area contributed by atoms with Crippen molar-refractivity contribution in [1.82, 2.24) is 9.80 Å². The molecule has 0 aromatic carbocycles. The largest absolute Gasteiger partial charge is 0.377 e.